The monoisotopic (exact) mass is 553 g/mol. The Bertz CT molecular complexity index is 1500. The Morgan fingerprint density at radius 2 is 1.74 bits per heavy atom. The number of anilines is 1. The fourth-order valence-electron chi connectivity index (χ4n) is 4.08. The zero-order valence-electron chi connectivity index (χ0n) is 20.0. The highest BCUT2D eigenvalue weighted by Crippen LogP contribution is 2.41. The van der Waals surface area contributed by atoms with E-state index in [4.69, 9.17) is 4.74 Å². The van der Waals surface area contributed by atoms with Gasteiger partial charge >= 0.3 is 12.1 Å². The van der Waals surface area contributed by atoms with Crippen LogP contribution in [0.1, 0.15) is 18.2 Å². The number of aromatic nitrogens is 4. The lowest BCUT2D eigenvalue weighted by Crippen LogP contribution is -2.63. The summed E-state index contributed by atoms with van der Waals surface area (Å²) in [7, 11) is 0. The van der Waals surface area contributed by atoms with Crippen LogP contribution in [0.2, 0.25) is 0 Å². The molecule has 200 valence electrons. The highest BCUT2D eigenvalue weighted by Gasteiger charge is 2.49. The number of hydrogen-bond donors (Lipinski definition) is 0. The average molecular weight is 554 g/mol. The molecular weight excluding hydrogens is 533 g/mol. The summed E-state index contributed by atoms with van der Waals surface area (Å²) in [5, 5.41) is 5.01. The first kappa shape index (κ1) is 25.9. The van der Waals surface area contributed by atoms with E-state index in [2.05, 4.69) is 14.8 Å². The second-order valence-electron chi connectivity index (χ2n) is 8.97. The summed E-state index contributed by atoms with van der Waals surface area (Å²) in [4.78, 5) is 18.8. The Kier molecular flexibility index (Phi) is 6.47. The lowest BCUT2D eigenvalue weighted by atomic mass is 9.97. The van der Waals surface area contributed by atoms with Crippen LogP contribution in [0.25, 0.3) is 5.69 Å². The van der Waals surface area contributed by atoms with E-state index >= 15 is 0 Å². The van der Waals surface area contributed by atoms with Gasteiger partial charge in [-0.1, -0.05) is 17.4 Å². The maximum atomic E-state index is 14.0. The standard InChI is InChI=1S/C24H20F5N5O3S/c1-14-20(38-21(31-14)33-11-23(2,12-33)37-24(27,28)29)36-16-8-6-15(7-9-16)34-22(35)32(13-30-34)10-17-18(25)4-3-5-19(17)26/h3-9,13H,10-12H2,1-2H3. The second-order valence-corrected chi connectivity index (χ2v) is 9.91. The summed E-state index contributed by atoms with van der Waals surface area (Å²) >= 11 is 1.19. The third kappa shape index (κ3) is 5.27. The fourth-order valence-corrected chi connectivity index (χ4v) is 5.01. The van der Waals surface area contributed by atoms with Gasteiger partial charge in [-0.3, -0.25) is 9.30 Å². The first-order valence-corrected chi connectivity index (χ1v) is 12.1. The second kappa shape index (κ2) is 9.51. The molecule has 0 bridgehead atoms. The number of alkyl halides is 3. The molecule has 38 heavy (non-hydrogen) atoms. The molecule has 4 aromatic rings. The van der Waals surface area contributed by atoms with E-state index in [1.807, 2.05) is 0 Å². The number of halogens is 5. The van der Waals surface area contributed by atoms with Gasteiger partial charge in [0.2, 0.25) is 5.06 Å². The van der Waals surface area contributed by atoms with Gasteiger partial charge in [0.15, 0.2) is 5.13 Å². The SMILES string of the molecule is Cc1nc(N2CC(C)(OC(F)(F)F)C2)sc1Oc1ccc(-n2ncn(Cc3c(F)cccc3F)c2=O)cc1. The van der Waals surface area contributed by atoms with Gasteiger partial charge in [0, 0.05) is 5.56 Å². The smallest absolute Gasteiger partial charge is 0.445 e. The molecule has 2 aromatic heterocycles. The van der Waals surface area contributed by atoms with Crippen LogP contribution in [-0.4, -0.2) is 44.4 Å². The van der Waals surface area contributed by atoms with Crippen LogP contribution < -0.4 is 15.3 Å². The number of thiazole rings is 1. The molecule has 14 heteroatoms. The van der Waals surface area contributed by atoms with Crippen LogP contribution in [0.15, 0.2) is 53.6 Å². The third-order valence-electron chi connectivity index (χ3n) is 5.84. The lowest BCUT2D eigenvalue weighted by molar-refractivity contribution is -0.367. The Balaban J connectivity index is 1.26. The Morgan fingerprint density at radius 1 is 1.08 bits per heavy atom. The fraction of sp³-hybridized carbons (Fsp3) is 0.292. The van der Waals surface area contributed by atoms with Crippen molar-refractivity contribution in [2.45, 2.75) is 32.4 Å². The zero-order valence-corrected chi connectivity index (χ0v) is 20.8. The van der Waals surface area contributed by atoms with E-state index in [0.29, 0.717) is 27.3 Å². The minimum absolute atomic E-state index is 0.0402. The van der Waals surface area contributed by atoms with E-state index in [9.17, 15) is 26.7 Å². The van der Waals surface area contributed by atoms with Gasteiger partial charge in [-0.25, -0.2) is 18.6 Å². The van der Waals surface area contributed by atoms with Crippen LogP contribution in [-0.2, 0) is 11.3 Å². The lowest BCUT2D eigenvalue weighted by Gasteiger charge is -2.47. The molecule has 0 aliphatic carbocycles. The van der Waals surface area contributed by atoms with Crippen molar-refractivity contribution < 1.29 is 31.4 Å². The van der Waals surface area contributed by atoms with Crippen LogP contribution in [0, 0.1) is 18.6 Å². The summed E-state index contributed by atoms with van der Waals surface area (Å²) < 4.78 is 77.9. The molecule has 0 radical (unpaired) electrons. The predicted octanol–water partition coefficient (Wildman–Crippen LogP) is 5.03. The summed E-state index contributed by atoms with van der Waals surface area (Å²) in [6.07, 6.45) is -3.51. The van der Waals surface area contributed by atoms with E-state index < -0.39 is 29.3 Å². The van der Waals surface area contributed by atoms with Crippen molar-refractivity contribution >= 4 is 16.5 Å². The van der Waals surface area contributed by atoms with E-state index in [1.165, 1.54) is 30.7 Å². The highest BCUT2D eigenvalue weighted by molar-refractivity contribution is 7.17. The first-order valence-electron chi connectivity index (χ1n) is 11.3. The summed E-state index contributed by atoms with van der Waals surface area (Å²) in [5.74, 6) is -1.09. The minimum Gasteiger partial charge on any atom is -0.445 e. The number of ether oxygens (including phenoxy) is 2. The minimum atomic E-state index is -4.71. The van der Waals surface area contributed by atoms with E-state index in [-0.39, 0.29) is 25.2 Å². The molecule has 0 amide bonds. The zero-order chi connectivity index (χ0) is 27.2. The van der Waals surface area contributed by atoms with Gasteiger partial charge in [0.25, 0.3) is 0 Å². The molecule has 1 aliphatic rings. The van der Waals surface area contributed by atoms with Gasteiger partial charge in [0.05, 0.1) is 31.0 Å². The summed E-state index contributed by atoms with van der Waals surface area (Å²) in [6.45, 7) is 2.88. The Labute approximate surface area is 216 Å². The highest BCUT2D eigenvalue weighted by atomic mass is 32.1. The van der Waals surface area contributed by atoms with E-state index in [1.54, 1.807) is 36.1 Å². The summed E-state index contributed by atoms with van der Waals surface area (Å²) in [6, 6.07) is 9.86. The molecule has 2 aromatic carbocycles. The van der Waals surface area contributed by atoms with Gasteiger partial charge < -0.3 is 9.64 Å². The molecule has 1 saturated heterocycles. The summed E-state index contributed by atoms with van der Waals surface area (Å²) in [5.41, 5.74) is -1.19. The van der Waals surface area contributed by atoms with Crippen LogP contribution >= 0.6 is 11.3 Å². The predicted molar refractivity (Wildman–Crippen MR) is 128 cm³/mol. The number of aryl methyl sites for hydroxylation is 1. The Morgan fingerprint density at radius 3 is 2.37 bits per heavy atom. The topological polar surface area (TPSA) is 74.4 Å². The number of rotatable bonds is 7. The molecule has 0 spiro atoms. The molecule has 1 aliphatic heterocycles. The molecule has 3 heterocycles. The average Bonchev–Trinajstić information content (AvgIpc) is 3.36. The number of hydrogen-bond acceptors (Lipinski definition) is 7. The molecular formula is C24H20F5N5O3S. The van der Waals surface area contributed by atoms with Crippen LogP contribution in [0.3, 0.4) is 0 Å². The van der Waals surface area contributed by atoms with Crippen molar-refractivity contribution in [3.05, 3.63) is 82.2 Å². The van der Waals surface area contributed by atoms with Crippen LogP contribution in [0.5, 0.6) is 10.8 Å². The molecule has 1 fully saturated rings. The van der Waals surface area contributed by atoms with E-state index in [0.717, 1.165) is 21.4 Å². The van der Waals surface area contributed by atoms with Crippen molar-refractivity contribution in [3.8, 4) is 16.5 Å². The van der Waals surface area contributed by atoms with Crippen molar-refractivity contribution in [1.29, 1.82) is 0 Å². The molecule has 0 unspecified atom stereocenters. The Hall–Kier alpha value is -3.78. The molecule has 0 N–H and O–H groups in total. The van der Waals surface area contributed by atoms with Crippen molar-refractivity contribution in [2.75, 3.05) is 18.0 Å². The normalized spacial score (nSPS) is 15.0. The molecule has 5 rings (SSSR count). The third-order valence-corrected chi connectivity index (χ3v) is 6.94. The maximum Gasteiger partial charge on any atom is 0.523 e. The van der Waals surface area contributed by atoms with Crippen LogP contribution in [0.4, 0.5) is 27.1 Å². The maximum absolute atomic E-state index is 14.0. The van der Waals surface area contributed by atoms with Crippen molar-refractivity contribution in [3.63, 3.8) is 0 Å². The molecule has 0 saturated carbocycles. The molecule has 0 atom stereocenters. The van der Waals surface area contributed by atoms with Gasteiger partial charge in [-0.2, -0.15) is 9.78 Å². The van der Waals surface area contributed by atoms with Crippen molar-refractivity contribution in [1.82, 2.24) is 19.3 Å². The molecule has 8 nitrogen and oxygen atoms in total. The van der Waals surface area contributed by atoms with Gasteiger partial charge in [-0.05, 0) is 50.2 Å². The largest absolute Gasteiger partial charge is 0.523 e. The first-order chi connectivity index (χ1) is 17.9. The van der Waals surface area contributed by atoms with Gasteiger partial charge in [-0.15, -0.1) is 13.2 Å². The van der Waals surface area contributed by atoms with Gasteiger partial charge in [0.1, 0.15) is 29.3 Å². The number of nitrogens with zero attached hydrogens (tertiary/aromatic N) is 5. The van der Waals surface area contributed by atoms with Crippen molar-refractivity contribution in [2.24, 2.45) is 0 Å². The quantitative estimate of drug-likeness (QED) is 0.299. The number of benzene rings is 2.